The van der Waals surface area contributed by atoms with Crippen molar-refractivity contribution in [1.82, 2.24) is 0 Å². The van der Waals surface area contributed by atoms with E-state index in [1.807, 2.05) is 73.7 Å². The Balaban J connectivity index is 1.61. The van der Waals surface area contributed by atoms with Gasteiger partial charge in [0.25, 0.3) is 0 Å². The molecule has 4 nitrogen and oxygen atoms in total. The van der Waals surface area contributed by atoms with Crippen LogP contribution in [0.2, 0.25) is 0 Å². The normalized spacial score (nSPS) is 11.7. The maximum atomic E-state index is 12.1. The van der Waals surface area contributed by atoms with Crippen LogP contribution >= 0.6 is 11.8 Å². The maximum Gasteiger partial charge on any atom is 0.339 e. The highest BCUT2D eigenvalue weighted by atomic mass is 32.2. The number of rotatable bonds is 7. The quantitative estimate of drug-likeness (QED) is 0.434. The average molecular weight is 407 g/mol. The van der Waals surface area contributed by atoms with Gasteiger partial charge in [0.05, 0.1) is 0 Å². The molecule has 1 N–H and O–H groups in total. The molecule has 0 aliphatic heterocycles. The molecule has 0 fully saturated rings. The molecule has 5 heteroatoms. The van der Waals surface area contributed by atoms with E-state index < -0.39 is 12.1 Å². The molecule has 0 saturated carbocycles. The standard InChI is InChI=1S/C24H22O4S/c1-2-22(25)29-21-14-12-19(13-15-21)18-8-10-20(11-9-18)23(26)24(27)28-16-17-6-4-3-5-7-17/h3-15,23,26H,2,16H2,1H3. The first-order valence-electron chi connectivity index (χ1n) is 9.36. The van der Waals surface area contributed by atoms with Gasteiger partial charge >= 0.3 is 5.97 Å². The van der Waals surface area contributed by atoms with E-state index in [-0.39, 0.29) is 11.7 Å². The zero-order chi connectivity index (χ0) is 20.6. The molecule has 0 amide bonds. The minimum atomic E-state index is -1.33. The van der Waals surface area contributed by atoms with Crippen LogP contribution in [0.25, 0.3) is 11.1 Å². The molecule has 0 saturated heterocycles. The van der Waals surface area contributed by atoms with Gasteiger partial charge in [-0.1, -0.05) is 85.4 Å². The van der Waals surface area contributed by atoms with E-state index in [0.717, 1.165) is 21.6 Å². The Morgan fingerprint density at radius 2 is 1.48 bits per heavy atom. The summed E-state index contributed by atoms with van der Waals surface area (Å²) in [7, 11) is 0. The zero-order valence-corrected chi connectivity index (χ0v) is 16.9. The molecular weight excluding hydrogens is 384 g/mol. The van der Waals surface area contributed by atoms with Crippen molar-refractivity contribution >= 4 is 22.8 Å². The minimum Gasteiger partial charge on any atom is -0.459 e. The van der Waals surface area contributed by atoms with Crippen LogP contribution in [0.15, 0.2) is 83.8 Å². The summed E-state index contributed by atoms with van der Waals surface area (Å²) in [5, 5.41) is 10.4. The SMILES string of the molecule is CCC(=O)Sc1ccc(-c2ccc(C(O)C(=O)OCc3ccccc3)cc2)cc1. The van der Waals surface area contributed by atoms with Gasteiger partial charge in [-0.3, -0.25) is 4.79 Å². The first-order valence-corrected chi connectivity index (χ1v) is 10.2. The van der Waals surface area contributed by atoms with Gasteiger partial charge in [0.15, 0.2) is 11.2 Å². The number of hydrogen-bond donors (Lipinski definition) is 1. The molecule has 1 atom stereocenters. The van der Waals surface area contributed by atoms with Crippen LogP contribution in [0.4, 0.5) is 0 Å². The van der Waals surface area contributed by atoms with Crippen LogP contribution in [-0.4, -0.2) is 16.2 Å². The molecular formula is C24H22O4S. The largest absolute Gasteiger partial charge is 0.459 e. The average Bonchev–Trinajstić information content (AvgIpc) is 2.78. The van der Waals surface area contributed by atoms with Crippen molar-refractivity contribution in [2.24, 2.45) is 0 Å². The third kappa shape index (κ3) is 5.79. The Bertz CT molecular complexity index is 950. The second-order valence-corrected chi connectivity index (χ2v) is 7.60. The minimum absolute atomic E-state index is 0.125. The van der Waals surface area contributed by atoms with Crippen LogP contribution < -0.4 is 0 Å². The van der Waals surface area contributed by atoms with Crippen LogP contribution in [-0.2, 0) is 20.9 Å². The summed E-state index contributed by atoms with van der Waals surface area (Å²) in [4.78, 5) is 24.6. The highest BCUT2D eigenvalue weighted by Gasteiger charge is 2.19. The predicted octanol–water partition coefficient (Wildman–Crippen LogP) is 5.16. The van der Waals surface area contributed by atoms with Crippen molar-refractivity contribution in [2.75, 3.05) is 0 Å². The second-order valence-electron chi connectivity index (χ2n) is 6.47. The molecule has 29 heavy (non-hydrogen) atoms. The monoisotopic (exact) mass is 406 g/mol. The van der Waals surface area contributed by atoms with E-state index in [0.29, 0.717) is 12.0 Å². The molecule has 3 aromatic carbocycles. The molecule has 3 aromatic rings. The number of aliphatic hydroxyl groups is 1. The molecule has 0 aliphatic rings. The van der Waals surface area contributed by atoms with Gasteiger partial charge in [-0.05, 0) is 34.4 Å². The van der Waals surface area contributed by atoms with Crippen molar-refractivity contribution in [1.29, 1.82) is 0 Å². The lowest BCUT2D eigenvalue weighted by Gasteiger charge is -2.12. The first kappa shape index (κ1) is 20.8. The van der Waals surface area contributed by atoms with Gasteiger partial charge in [0, 0.05) is 11.3 Å². The van der Waals surface area contributed by atoms with Crippen LogP contribution in [0, 0.1) is 0 Å². The Kier molecular flexibility index (Phi) is 7.22. The lowest BCUT2D eigenvalue weighted by atomic mass is 10.0. The number of carbonyl (C=O) groups is 2. The molecule has 0 spiro atoms. The van der Waals surface area contributed by atoms with Gasteiger partial charge in [0.1, 0.15) is 6.61 Å². The number of aliphatic hydroxyl groups excluding tert-OH is 1. The van der Waals surface area contributed by atoms with Gasteiger partial charge in [-0.15, -0.1) is 0 Å². The summed E-state index contributed by atoms with van der Waals surface area (Å²) in [6, 6.07) is 24.2. The van der Waals surface area contributed by atoms with E-state index in [4.69, 9.17) is 4.74 Å². The third-order valence-corrected chi connectivity index (χ3v) is 5.41. The van der Waals surface area contributed by atoms with E-state index in [1.165, 1.54) is 11.8 Å². The summed E-state index contributed by atoms with van der Waals surface area (Å²) in [5.41, 5.74) is 3.29. The Morgan fingerprint density at radius 1 is 0.897 bits per heavy atom. The number of hydrogen-bond acceptors (Lipinski definition) is 5. The highest BCUT2D eigenvalue weighted by Crippen LogP contribution is 2.26. The van der Waals surface area contributed by atoms with Gasteiger partial charge in [-0.25, -0.2) is 4.79 Å². The van der Waals surface area contributed by atoms with E-state index >= 15 is 0 Å². The lowest BCUT2D eigenvalue weighted by Crippen LogP contribution is -2.15. The predicted molar refractivity (Wildman–Crippen MR) is 114 cm³/mol. The van der Waals surface area contributed by atoms with Crippen LogP contribution in [0.1, 0.15) is 30.6 Å². The number of ether oxygens (including phenoxy) is 1. The van der Waals surface area contributed by atoms with Crippen molar-refractivity contribution < 1.29 is 19.4 Å². The number of carbonyl (C=O) groups excluding carboxylic acids is 2. The zero-order valence-electron chi connectivity index (χ0n) is 16.1. The summed E-state index contributed by atoms with van der Waals surface area (Å²) >= 11 is 1.24. The first-order chi connectivity index (χ1) is 14.1. The smallest absolute Gasteiger partial charge is 0.339 e. The van der Waals surface area contributed by atoms with Gasteiger partial charge < -0.3 is 9.84 Å². The molecule has 0 bridgehead atoms. The summed E-state index contributed by atoms with van der Waals surface area (Å²) in [6.45, 7) is 1.97. The molecule has 0 heterocycles. The lowest BCUT2D eigenvalue weighted by molar-refractivity contribution is -0.155. The highest BCUT2D eigenvalue weighted by molar-refractivity contribution is 8.13. The summed E-state index contributed by atoms with van der Waals surface area (Å²) in [5.74, 6) is -0.677. The molecule has 0 radical (unpaired) electrons. The maximum absolute atomic E-state index is 12.1. The van der Waals surface area contributed by atoms with Crippen molar-refractivity contribution in [3.8, 4) is 11.1 Å². The summed E-state index contributed by atoms with van der Waals surface area (Å²) < 4.78 is 5.19. The van der Waals surface area contributed by atoms with E-state index in [1.54, 1.807) is 12.1 Å². The number of benzene rings is 3. The van der Waals surface area contributed by atoms with Crippen molar-refractivity contribution in [3.05, 3.63) is 90.0 Å². The van der Waals surface area contributed by atoms with Gasteiger partial charge in [0.2, 0.25) is 0 Å². The Labute approximate surface area is 174 Å². The third-order valence-electron chi connectivity index (χ3n) is 4.38. The molecule has 0 aliphatic carbocycles. The number of thioether (sulfide) groups is 1. The molecule has 1 unspecified atom stereocenters. The van der Waals surface area contributed by atoms with Gasteiger partial charge in [-0.2, -0.15) is 0 Å². The van der Waals surface area contributed by atoms with Crippen molar-refractivity contribution in [3.63, 3.8) is 0 Å². The van der Waals surface area contributed by atoms with Crippen LogP contribution in [0.5, 0.6) is 0 Å². The summed E-state index contributed by atoms with van der Waals surface area (Å²) in [6.07, 6.45) is -0.823. The fourth-order valence-corrected chi connectivity index (χ4v) is 3.40. The number of esters is 1. The second kappa shape index (κ2) is 10.0. The topological polar surface area (TPSA) is 63.6 Å². The fraction of sp³-hybridized carbons (Fsp3) is 0.167. The van der Waals surface area contributed by atoms with E-state index in [9.17, 15) is 14.7 Å². The van der Waals surface area contributed by atoms with Crippen molar-refractivity contribution in [2.45, 2.75) is 31.0 Å². The molecule has 148 valence electrons. The van der Waals surface area contributed by atoms with Crippen LogP contribution in [0.3, 0.4) is 0 Å². The fourth-order valence-electron chi connectivity index (χ4n) is 2.72. The molecule has 0 aromatic heterocycles. The molecule has 3 rings (SSSR count). The van der Waals surface area contributed by atoms with E-state index in [2.05, 4.69) is 0 Å². The Hall–Kier alpha value is -2.89. The Morgan fingerprint density at radius 3 is 2.07 bits per heavy atom.